The van der Waals surface area contributed by atoms with Gasteiger partial charge in [-0.25, -0.2) is 4.98 Å². The summed E-state index contributed by atoms with van der Waals surface area (Å²) in [6.07, 6.45) is 0. The van der Waals surface area contributed by atoms with Crippen LogP contribution in [0.3, 0.4) is 0 Å². The van der Waals surface area contributed by atoms with Gasteiger partial charge in [0.05, 0.1) is 10.5 Å². The lowest BCUT2D eigenvalue weighted by atomic mass is 10.1. The van der Waals surface area contributed by atoms with E-state index in [1.807, 2.05) is 25.1 Å². The Labute approximate surface area is 81.3 Å². The number of aromatic nitrogens is 1. The highest BCUT2D eigenvalue weighted by Crippen LogP contribution is 2.25. The third kappa shape index (κ3) is 1.33. The summed E-state index contributed by atoms with van der Waals surface area (Å²) in [5.74, 6) is 0.500. The maximum absolute atomic E-state index is 6.08. The molecule has 0 saturated carbocycles. The zero-order valence-corrected chi connectivity index (χ0v) is 7.97. The predicted molar refractivity (Wildman–Crippen MR) is 55.9 cm³/mol. The van der Waals surface area contributed by atoms with Gasteiger partial charge in [-0.2, -0.15) is 0 Å². The van der Waals surface area contributed by atoms with Gasteiger partial charge < -0.3 is 5.73 Å². The van der Waals surface area contributed by atoms with E-state index in [0.717, 1.165) is 16.5 Å². The first-order chi connectivity index (χ1) is 6.18. The molecule has 0 radical (unpaired) electrons. The summed E-state index contributed by atoms with van der Waals surface area (Å²) >= 11 is 6.08. The van der Waals surface area contributed by atoms with Gasteiger partial charge in [0.25, 0.3) is 0 Å². The molecule has 0 aliphatic rings. The molecule has 2 nitrogen and oxygen atoms in total. The van der Waals surface area contributed by atoms with Gasteiger partial charge in [-0.1, -0.05) is 23.7 Å². The Balaban J connectivity index is 2.89. The fourth-order valence-electron chi connectivity index (χ4n) is 1.27. The Morgan fingerprint density at radius 1 is 1.23 bits per heavy atom. The van der Waals surface area contributed by atoms with Crippen LogP contribution in [-0.4, -0.2) is 4.98 Å². The number of nitrogens with two attached hydrogens (primary N) is 1. The normalized spacial score (nSPS) is 10.6. The fourth-order valence-corrected chi connectivity index (χ4v) is 1.48. The monoisotopic (exact) mass is 192 g/mol. The topological polar surface area (TPSA) is 38.9 Å². The lowest BCUT2D eigenvalue weighted by Gasteiger charge is -2.03. The Bertz CT molecular complexity index is 460. The van der Waals surface area contributed by atoms with Crippen molar-refractivity contribution in [1.29, 1.82) is 0 Å². The van der Waals surface area contributed by atoms with E-state index in [-0.39, 0.29) is 0 Å². The second-order valence-electron chi connectivity index (χ2n) is 3.00. The predicted octanol–water partition coefficient (Wildman–Crippen LogP) is 2.78. The van der Waals surface area contributed by atoms with Gasteiger partial charge in [0, 0.05) is 5.39 Å². The Hall–Kier alpha value is -1.28. The van der Waals surface area contributed by atoms with Crippen molar-refractivity contribution in [2.45, 2.75) is 6.92 Å². The van der Waals surface area contributed by atoms with Crippen molar-refractivity contribution >= 4 is 28.3 Å². The first-order valence-corrected chi connectivity index (χ1v) is 4.37. The number of rotatable bonds is 0. The van der Waals surface area contributed by atoms with E-state index >= 15 is 0 Å². The van der Waals surface area contributed by atoms with Crippen molar-refractivity contribution in [3.63, 3.8) is 0 Å². The molecule has 2 aromatic rings. The van der Waals surface area contributed by atoms with Crippen molar-refractivity contribution in [2.24, 2.45) is 0 Å². The third-order valence-corrected chi connectivity index (χ3v) is 2.49. The third-order valence-electron chi connectivity index (χ3n) is 2.02. The molecule has 0 fully saturated rings. The summed E-state index contributed by atoms with van der Waals surface area (Å²) < 4.78 is 0. The minimum atomic E-state index is 0.500. The standard InChI is InChI=1S/C10H9ClN2/c1-6-2-3-7-4-5-8(12)13-10(7)9(6)11/h2-5H,1H3,(H2,12,13). The molecule has 66 valence electrons. The molecule has 1 aromatic heterocycles. The lowest BCUT2D eigenvalue weighted by molar-refractivity contribution is 1.39. The summed E-state index contributed by atoms with van der Waals surface area (Å²) in [6.45, 7) is 1.95. The van der Waals surface area contributed by atoms with E-state index in [4.69, 9.17) is 17.3 Å². The first-order valence-electron chi connectivity index (χ1n) is 4.00. The number of aryl methyl sites for hydroxylation is 1. The van der Waals surface area contributed by atoms with Gasteiger partial charge >= 0.3 is 0 Å². The quantitative estimate of drug-likeness (QED) is 0.697. The van der Waals surface area contributed by atoms with Crippen LogP contribution in [0, 0.1) is 6.92 Å². The van der Waals surface area contributed by atoms with Gasteiger partial charge in [-0.15, -0.1) is 0 Å². The molecule has 1 heterocycles. The smallest absolute Gasteiger partial charge is 0.124 e. The molecule has 3 heteroatoms. The van der Waals surface area contributed by atoms with E-state index in [1.165, 1.54) is 0 Å². The van der Waals surface area contributed by atoms with Crippen LogP contribution in [0.2, 0.25) is 5.02 Å². The van der Waals surface area contributed by atoms with Crippen LogP contribution in [0.15, 0.2) is 24.3 Å². The summed E-state index contributed by atoms with van der Waals surface area (Å²) in [5, 5.41) is 1.70. The average Bonchev–Trinajstić information content (AvgIpc) is 2.12. The molecule has 0 spiro atoms. The first kappa shape index (κ1) is 8.32. The minimum Gasteiger partial charge on any atom is -0.384 e. The Morgan fingerprint density at radius 2 is 1.92 bits per heavy atom. The number of anilines is 1. The highest BCUT2D eigenvalue weighted by Gasteiger charge is 2.03. The summed E-state index contributed by atoms with van der Waals surface area (Å²) in [5.41, 5.74) is 7.37. The maximum Gasteiger partial charge on any atom is 0.124 e. The summed E-state index contributed by atoms with van der Waals surface area (Å²) in [7, 11) is 0. The van der Waals surface area contributed by atoms with Gasteiger partial charge in [-0.3, -0.25) is 0 Å². The second kappa shape index (κ2) is 2.89. The van der Waals surface area contributed by atoms with E-state index in [9.17, 15) is 0 Å². The van der Waals surface area contributed by atoms with Gasteiger partial charge in [0.15, 0.2) is 0 Å². The van der Waals surface area contributed by atoms with Crippen LogP contribution < -0.4 is 5.73 Å². The molecular weight excluding hydrogens is 184 g/mol. The molecule has 0 amide bonds. The molecule has 1 aromatic carbocycles. The largest absolute Gasteiger partial charge is 0.384 e. The number of nitrogen functional groups attached to an aromatic ring is 1. The average molecular weight is 193 g/mol. The molecule has 0 aliphatic carbocycles. The molecule has 2 N–H and O–H groups in total. The van der Waals surface area contributed by atoms with Crippen molar-refractivity contribution in [2.75, 3.05) is 5.73 Å². The number of hydrogen-bond donors (Lipinski definition) is 1. The van der Waals surface area contributed by atoms with Crippen LogP contribution in [0.4, 0.5) is 5.82 Å². The number of hydrogen-bond acceptors (Lipinski definition) is 2. The van der Waals surface area contributed by atoms with Crippen LogP contribution in [0.1, 0.15) is 5.56 Å². The Kier molecular flexibility index (Phi) is 1.85. The number of fused-ring (bicyclic) bond motifs is 1. The van der Waals surface area contributed by atoms with Crippen molar-refractivity contribution in [3.05, 3.63) is 34.9 Å². The highest BCUT2D eigenvalue weighted by molar-refractivity contribution is 6.35. The number of halogens is 1. The molecular formula is C10H9ClN2. The van der Waals surface area contributed by atoms with Gasteiger partial charge in [-0.05, 0) is 24.6 Å². The fraction of sp³-hybridized carbons (Fsp3) is 0.100. The van der Waals surface area contributed by atoms with E-state index in [1.54, 1.807) is 6.07 Å². The molecule has 0 aliphatic heterocycles. The van der Waals surface area contributed by atoms with Crippen LogP contribution in [0.5, 0.6) is 0 Å². The van der Waals surface area contributed by atoms with Crippen molar-refractivity contribution in [1.82, 2.24) is 4.98 Å². The minimum absolute atomic E-state index is 0.500. The SMILES string of the molecule is Cc1ccc2ccc(N)nc2c1Cl. The maximum atomic E-state index is 6.08. The zero-order chi connectivity index (χ0) is 9.42. The van der Waals surface area contributed by atoms with Crippen molar-refractivity contribution in [3.8, 4) is 0 Å². The number of benzene rings is 1. The van der Waals surface area contributed by atoms with E-state index < -0.39 is 0 Å². The van der Waals surface area contributed by atoms with Crippen LogP contribution >= 0.6 is 11.6 Å². The molecule has 2 rings (SSSR count). The van der Waals surface area contributed by atoms with Crippen LogP contribution in [-0.2, 0) is 0 Å². The van der Waals surface area contributed by atoms with Crippen molar-refractivity contribution < 1.29 is 0 Å². The zero-order valence-electron chi connectivity index (χ0n) is 7.21. The molecule has 0 saturated heterocycles. The number of nitrogens with zero attached hydrogens (tertiary/aromatic N) is 1. The highest BCUT2D eigenvalue weighted by atomic mass is 35.5. The Morgan fingerprint density at radius 3 is 2.69 bits per heavy atom. The molecule has 0 atom stereocenters. The molecule has 0 unspecified atom stereocenters. The second-order valence-corrected chi connectivity index (χ2v) is 3.38. The van der Waals surface area contributed by atoms with E-state index in [0.29, 0.717) is 10.8 Å². The van der Waals surface area contributed by atoms with Crippen LogP contribution in [0.25, 0.3) is 10.9 Å². The summed E-state index contributed by atoms with van der Waals surface area (Å²) in [4.78, 5) is 4.18. The van der Waals surface area contributed by atoms with Gasteiger partial charge in [0.2, 0.25) is 0 Å². The summed E-state index contributed by atoms with van der Waals surface area (Å²) in [6, 6.07) is 7.66. The molecule has 13 heavy (non-hydrogen) atoms. The molecule has 0 bridgehead atoms. The van der Waals surface area contributed by atoms with Gasteiger partial charge in [0.1, 0.15) is 5.82 Å². The number of pyridine rings is 1. The lowest BCUT2D eigenvalue weighted by Crippen LogP contribution is -1.90. The van der Waals surface area contributed by atoms with E-state index in [2.05, 4.69) is 4.98 Å².